The molecular formula is C18H22N2O2. The summed E-state index contributed by atoms with van der Waals surface area (Å²) < 4.78 is 10.8. The predicted molar refractivity (Wildman–Crippen MR) is 89.7 cm³/mol. The first-order valence-corrected chi connectivity index (χ1v) is 7.44. The van der Waals surface area contributed by atoms with Gasteiger partial charge in [-0.3, -0.25) is 0 Å². The van der Waals surface area contributed by atoms with E-state index in [2.05, 4.69) is 17.5 Å². The molecule has 116 valence electrons. The van der Waals surface area contributed by atoms with Crippen LogP contribution in [0.25, 0.3) is 0 Å². The van der Waals surface area contributed by atoms with Crippen molar-refractivity contribution in [2.24, 2.45) is 5.10 Å². The van der Waals surface area contributed by atoms with Crippen LogP contribution in [0.3, 0.4) is 0 Å². The summed E-state index contributed by atoms with van der Waals surface area (Å²) >= 11 is 0. The maximum Gasteiger partial charge on any atom is 0.123 e. The molecule has 4 nitrogen and oxygen atoms in total. The third kappa shape index (κ3) is 4.81. The van der Waals surface area contributed by atoms with Gasteiger partial charge in [-0.05, 0) is 42.3 Å². The number of rotatable bonds is 8. The summed E-state index contributed by atoms with van der Waals surface area (Å²) in [7, 11) is 1.67. The molecule has 1 N–H and O–H groups in total. The number of hydrogen-bond donors (Lipinski definition) is 1. The average molecular weight is 298 g/mol. The van der Waals surface area contributed by atoms with Gasteiger partial charge in [-0.1, -0.05) is 25.1 Å². The first-order chi connectivity index (χ1) is 10.8. The highest BCUT2D eigenvalue weighted by atomic mass is 16.5. The summed E-state index contributed by atoms with van der Waals surface area (Å²) in [6.45, 7) is 3.46. The molecule has 0 aliphatic rings. The Morgan fingerprint density at radius 1 is 1.09 bits per heavy atom. The van der Waals surface area contributed by atoms with E-state index in [9.17, 15) is 0 Å². The molecule has 0 radical (unpaired) electrons. The Bertz CT molecular complexity index is 594. The smallest absolute Gasteiger partial charge is 0.123 e. The molecule has 2 aromatic carbocycles. The maximum atomic E-state index is 5.55. The van der Waals surface area contributed by atoms with Gasteiger partial charge >= 0.3 is 0 Å². The van der Waals surface area contributed by atoms with Crippen molar-refractivity contribution in [3.05, 3.63) is 59.7 Å². The van der Waals surface area contributed by atoms with E-state index in [-0.39, 0.29) is 0 Å². The second-order valence-corrected chi connectivity index (χ2v) is 4.82. The number of benzene rings is 2. The van der Waals surface area contributed by atoms with Crippen molar-refractivity contribution in [3.63, 3.8) is 0 Å². The third-order valence-corrected chi connectivity index (χ3v) is 3.12. The summed E-state index contributed by atoms with van der Waals surface area (Å²) in [5.41, 5.74) is 5.13. The molecule has 0 aliphatic heterocycles. The average Bonchev–Trinajstić information content (AvgIpc) is 2.58. The van der Waals surface area contributed by atoms with Crippen molar-refractivity contribution in [1.82, 2.24) is 5.43 Å². The summed E-state index contributed by atoms with van der Waals surface area (Å²) in [4.78, 5) is 0. The van der Waals surface area contributed by atoms with Crippen LogP contribution in [0.5, 0.6) is 11.5 Å². The molecule has 0 unspecified atom stereocenters. The molecule has 0 saturated heterocycles. The lowest BCUT2D eigenvalue weighted by atomic mass is 10.2. The van der Waals surface area contributed by atoms with Gasteiger partial charge < -0.3 is 14.9 Å². The molecule has 22 heavy (non-hydrogen) atoms. The standard InChI is InChI=1S/C18H22N2O2/c1-3-12-22-17-10-8-15(9-11-17)13-19-20-14-16-6-4-5-7-18(16)21-2/h4-11,13,20H,3,12,14H2,1-2H3/b19-13+. The van der Waals surface area contributed by atoms with E-state index < -0.39 is 0 Å². The topological polar surface area (TPSA) is 42.8 Å². The summed E-state index contributed by atoms with van der Waals surface area (Å²) in [6, 6.07) is 15.8. The quantitative estimate of drug-likeness (QED) is 0.598. The molecule has 0 spiro atoms. The van der Waals surface area contributed by atoms with E-state index in [4.69, 9.17) is 9.47 Å². The first-order valence-electron chi connectivity index (χ1n) is 7.44. The fourth-order valence-corrected chi connectivity index (χ4v) is 1.97. The lowest BCUT2D eigenvalue weighted by Crippen LogP contribution is -2.06. The molecule has 2 aromatic rings. The van der Waals surface area contributed by atoms with Crippen molar-refractivity contribution in [2.75, 3.05) is 13.7 Å². The monoisotopic (exact) mass is 298 g/mol. The van der Waals surface area contributed by atoms with Crippen LogP contribution in [-0.4, -0.2) is 19.9 Å². The summed E-state index contributed by atoms with van der Waals surface area (Å²) in [5.74, 6) is 1.75. The lowest BCUT2D eigenvalue weighted by Gasteiger charge is -2.07. The Hall–Kier alpha value is -2.49. The number of nitrogens with one attached hydrogen (secondary N) is 1. The van der Waals surface area contributed by atoms with Crippen molar-refractivity contribution >= 4 is 6.21 Å². The summed E-state index contributed by atoms with van der Waals surface area (Å²) in [5, 5.41) is 4.23. The van der Waals surface area contributed by atoms with Gasteiger partial charge in [0, 0.05) is 5.56 Å². The zero-order valence-electron chi connectivity index (χ0n) is 13.1. The van der Waals surface area contributed by atoms with Gasteiger partial charge in [0.2, 0.25) is 0 Å². The van der Waals surface area contributed by atoms with Crippen molar-refractivity contribution in [2.45, 2.75) is 19.9 Å². The van der Waals surface area contributed by atoms with Gasteiger partial charge in [0.25, 0.3) is 0 Å². The Morgan fingerprint density at radius 3 is 2.59 bits per heavy atom. The van der Waals surface area contributed by atoms with E-state index in [1.807, 2.05) is 48.5 Å². The molecule has 0 atom stereocenters. The van der Waals surface area contributed by atoms with Crippen molar-refractivity contribution in [1.29, 1.82) is 0 Å². The second-order valence-electron chi connectivity index (χ2n) is 4.82. The first kappa shape index (κ1) is 15.9. The zero-order valence-corrected chi connectivity index (χ0v) is 13.1. The Kier molecular flexibility index (Phi) is 6.30. The van der Waals surface area contributed by atoms with E-state index in [0.29, 0.717) is 6.54 Å². The van der Waals surface area contributed by atoms with Crippen LogP contribution in [0.4, 0.5) is 0 Å². The van der Waals surface area contributed by atoms with Gasteiger partial charge in [0.05, 0.1) is 26.5 Å². The minimum atomic E-state index is 0.623. The number of methoxy groups -OCH3 is 1. The van der Waals surface area contributed by atoms with Gasteiger partial charge in [0.15, 0.2) is 0 Å². The molecule has 0 bridgehead atoms. The molecule has 0 aliphatic carbocycles. The molecule has 0 aromatic heterocycles. The molecule has 0 saturated carbocycles. The third-order valence-electron chi connectivity index (χ3n) is 3.12. The molecule has 2 rings (SSSR count). The fraction of sp³-hybridized carbons (Fsp3) is 0.278. The SMILES string of the molecule is CCCOc1ccc(/C=N/NCc2ccccc2OC)cc1. The van der Waals surface area contributed by atoms with Gasteiger partial charge in [-0.2, -0.15) is 5.10 Å². The van der Waals surface area contributed by atoms with Gasteiger partial charge in [-0.25, -0.2) is 0 Å². The molecule has 0 amide bonds. The van der Waals surface area contributed by atoms with E-state index in [1.54, 1.807) is 13.3 Å². The highest BCUT2D eigenvalue weighted by Crippen LogP contribution is 2.16. The lowest BCUT2D eigenvalue weighted by molar-refractivity contribution is 0.317. The number of hydrogen-bond acceptors (Lipinski definition) is 4. The molecular weight excluding hydrogens is 276 g/mol. The maximum absolute atomic E-state index is 5.55. The van der Waals surface area contributed by atoms with Crippen LogP contribution in [0, 0.1) is 0 Å². The van der Waals surface area contributed by atoms with E-state index >= 15 is 0 Å². The highest BCUT2D eigenvalue weighted by Gasteiger charge is 1.99. The number of nitrogens with zero attached hydrogens (tertiary/aromatic N) is 1. The minimum absolute atomic E-state index is 0.623. The van der Waals surface area contributed by atoms with Crippen molar-refractivity contribution < 1.29 is 9.47 Å². The minimum Gasteiger partial charge on any atom is -0.496 e. The van der Waals surface area contributed by atoms with E-state index in [0.717, 1.165) is 35.7 Å². The zero-order chi connectivity index (χ0) is 15.6. The molecule has 4 heteroatoms. The van der Waals surface area contributed by atoms with Crippen LogP contribution >= 0.6 is 0 Å². The van der Waals surface area contributed by atoms with Crippen LogP contribution < -0.4 is 14.9 Å². The fourth-order valence-electron chi connectivity index (χ4n) is 1.97. The number of para-hydroxylation sites is 1. The molecule has 0 fully saturated rings. The Labute approximate surface area is 131 Å². The van der Waals surface area contributed by atoms with Gasteiger partial charge in [-0.15, -0.1) is 0 Å². The van der Waals surface area contributed by atoms with E-state index in [1.165, 1.54) is 0 Å². The highest BCUT2D eigenvalue weighted by molar-refractivity contribution is 5.79. The van der Waals surface area contributed by atoms with Crippen LogP contribution in [0.2, 0.25) is 0 Å². The van der Waals surface area contributed by atoms with Crippen LogP contribution in [-0.2, 0) is 6.54 Å². The molecule has 0 heterocycles. The normalized spacial score (nSPS) is 10.6. The Balaban J connectivity index is 1.84. The van der Waals surface area contributed by atoms with Crippen molar-refractivity contribution in [3.8, 4) is 11.5 Å². The number of ether oxygens (including phenoxy) is 2. The second kappa shape index (κ2) is 8.72. The predicted octanol–water partition coefficient (Wildman–Crippen LogP) is 3.61. The van der Waals surface area contributed by atoms with Crippen LogP contribution in [0.1, 0.15) is 24.5 Å². The van der Waals surface area contributed by atoms with Crippen LogP contribution in [0.15, 0.2) is 53.6 Å². The Morgan fingerprint density at radius 2 is 1.86 bits per heavy atom. The summed E-state index contributed by atoms with van der Waals surface area (Å²) in [6.07, 6.45) is 2.80. The number of hydrazone groups is 1. The van der Waals surface area contributed by atoms with Gasteiger partial charge in [0.1, 0.15) is 11.5 Å². The largest absolute Gasteiger partial charge is 0.496 e.